The summed E-state index contributed by atoms with van der Waals surface area (Å²) in [6.07, 6.45) is 2.30. The van der Waals surface area contributed by atoms with Gasteiger partial charge in [-0.25, -0.2) is 0 Å². The third kappa shape index (κ3) is 3.72. The molecule has 0 aliphatic heterocycles. The molecular weight excluding hydrogens is 212 g/mol. The van der Waals surface area contributed by atoms with Crippen molar-refractivity contribution in [2.24, 2.45) is 5.73 Å². The Balaban J connectivity index is 2.98. The standard InChI is InChI=1S/C14H24N2O/c1-3-4-8-16(9-10-17)14-12(2)6-5-7-13(14)11-15/h5-7,17H,3-4,8-11,15H2,1-2H3. The van der Waals surface area contributed by atoms with E-state index in [4.69, 9.17) is 5.73 Å². The molecule has 0 aliphatic carbocycles. The molecule has 0 spiro atoms. The van der Waals surface area contributed by atoms with Crippen LogP contribution in [0.1, 0.15) is 30.9 Å². The van der Waals surface area contributed by atoms with E-state index < -0.39 is 0 Å². The number of hydrogen-bond acceptors (Lipinski definition) is 3. The first kappa shape index (κ1) is 14.0. The number of anilines is 1. The number of unbranched alkanes of at least 4 members (excludes halogenated alkanes) is 1. The van der Waals surface area contributed by atoms with E-state index in [-0.39, 0.29) is 6.61 Å². The van der Waals surface area contributed by atoms with Gasteiger partial charge in [0.25, 0.3) is 0 Å². The number of para-hydroxylation sites is 1. The molecule has 0 radical (unpaired) electrons. The number of nitrogens with two attached hydrogens (primary N) is 1. The third-order valence-electron chi connectivity index (χ3n) is 3.01. The summed E-state index contributed by atoms with van der Waals surface area (Å²) in [5.41, 5.74) is 9.39. The van der Waals surface area contributed by atoms with Crippen molar-refractivity contribution in [1.82, 2.24) is 0 Å². The van der Waals surface area contributed by atoms with E-state index in [0.717, 1.165) is 24.9 Å². The predicted molar refractivity (Wildman–Crippen MR) is 73.3 cm³/mol. The highest BCUT2D eigenvalue weighted by Crippen LogP contribution is 2.25. The minimum atomic E-state index is 0.183. The molecule has 3 heteroatoms. The van der Waals surface area contributed by atoms with Crippen molar-refractivity contribution >= 4 is 5.69 Å². The third-order valence-corrected chi connectivity index (χ3v) is 3.01. The number of benzene rings is 1. The molecule has 17 heavy (non-hydrogen) atoms. The summed E-state index contributed by atoms with van der Waals surface area (Å²) in [5.74, 6) is 0. The SMILES string of the molecule is CCCCN(CCO)c1c(C)cccc1CN. The maximum Gasteiger partial charge on any atom is 0.0606 e. The molecule has 0 bridgehead atoms. The lowest BCUT2D eigenvalue weighted by Gasteiger charge is -2.28. The van der Waals surface area contributed by atoms with E-state index in [2.05, 4.69) is 30.9 Å². The minimum Gasteiger partial charge on any atom is -0.395 e. The smallest absolute Gasteiger partial charge is 0.0606 e. The molecular formula is C14H24N2O. The normalized spacial score (nSPS) is 10.6. The lowest BCUT2D eigenvalue weighted by molar-refractivity contribution is 0.301. The minimum absolute atomic E-state index is 0.183. The van der Waals surface area contributed by atoms with Crippen LogP contribution in [-0.4, -0.2) is 24.8 Å². The van der Waals surface area contributed by atoms with Gasteiger partial charge in [-0.3, -0.25) is 0 Å². The van der Waals surface area contributed by atoms with E-state index in [9.17, 15) is 5.11 Å². The van der Waals surface area contributed by atoms with Gasteiger partial charge in [0.15, 0.2) is 0 Å². The fourth-order valence-electron chi connectivity index (χ4n) is 2.14. The Hall–Kier alpha value is -1.06. The van der Waals surface area contributed by atoms with E-state index in [1.165, 1.54) is 11.3 Å². The summed E-state index contributed by atoms with van der Waals surface area (Å²) in [4.78, 5) is 2.25. The van der Waals surface area contributed by atoms with Crippen molar-refractivity contribution in [3.8, 4) is 0 Å². The van der Waals surface area contributed by atoms with Gasteiger partial charge in [-0.15, -0.1) is 0 Å². The topological polar surface area (TPSA) is 49.5 Å². The summed E-state index contributed by atoms with van der Waals surface area (Å²) >= 11 is 0. The molecule has 0 aromatic heterocycles. The van der Waals surface area contributed by atoms with Crippen LogP contribution in [0.5, 0.6) is 0 Å². The van der Waals surface area contributed by atoms with Gasteiger partial charge in [-0.1, -0.05) is 31.5 Å². The average molecular weight is 236 g/mol. The zero-order valence-corrected chi connectivity index (χ0v) is 10.9. The molecule has 3 nitrogen and oxygen atoms in total. The second-order valence-corrected chi connectivity index (χ2v) is 4.35. The van der Waals surface area contributed by atoms with Crippen molar-refractivity contribution in [1.29, 1.82) is 0 Å². The van der Waals surface area contributed by atoms with Crippen molar-refractivity contribution in [2.75, 3.05) is 24.6 Å². The molecule has 1 rings (SSSR count). The summed E-state index contributed by atoms with van der Waals surface area (Å²) in [6.45, 7) is 6.67. The molecule has 3 N–H and O–H groups in total. The van der Waals surface area contributed by atoms with Gasteiger partial charge < -0.3 is 15.7 Å². The van der Waals surface area contributed by atoms with Crippen molar-refractivity contribution in [2.45, 2.75) is 33.2 Å². The summed E-state index contributed by atoms with van der Waals surface area (Å²) in [6, 6.07) is 6.21. The van der Waals surface area contributed by atoms with Crippen molar-refractivity contribution < 1.29 is 5.11 Å². The molecule has 0 saturated carbocycles. The summed E-state index contributed by atoms with van der Waals surface area (Å²) in [5, 5.41) is 9.18. The van der Waals surface area contributed by atoms with Crippen molar-refractivity contribution in [3.63, 3.8) is 0 Å². The van der Waals surface area contributed by atoms with Crippen LogP contribution < -0.4 is 10.6 Å². The predicted octanol–water partition coefficient (Wildman–Crippen LogP) is 2.05. The van der Waals surface area contributed by atoms with E-state index in [1.807, 2.05) is 6.07 Å². The van der Waals surface area contributed by atoms with Gasteiger partial charge >= 0.3 is 0 Å². The van der Waals surface area contributed by atoms with E-state index in [0.29, 0.717) is 13.1 Å². The van der Waals surface area contributed by atoms with Crippen LogP contribution in [0.2, 0.25) is 0 Å². The Kier molecular flexibility index (Phi) is 6.01. The van der Waals surface area contributed by atoms with Gasteiger partial charge in [0, 0.05) is 25.3 Å². The zero-order valence-electron chi connectivity index (χ0n) is 10.9. The van der Waals surface area contributed by atoms with Crippen LogP contribution in [0.4, 0.5) is 5.69 Å². The number of hydrogen-bond donors (Lipinski definition) is 2. The van der Waals surface area contributed by atoms with Gasteiger partial charge in [0.1, 0.15) is 0 Å². The first-order valence-electron chi connectivity index (χ1n) is 6.39. The molecule has 0 unspecified atom stereocenters. The maximum atomic E-state index is 9.18. The molecule has 0 aliphatic rings. The van der Waals surface area contributed by atoms with Crippen LogP contribution in [0.3, 0.4) is 0 Å². The monoisotopic (exact) mass is 236 g/mol. The second kappa shape index (κ2) is 7.30. The lowest BCUT2D eigenvalue weighted by Crippen LogP contribution is -2.29. The van der Waals surface area contributed by atoms with Crippen LogP contribution in [0, 0.1) is 6.92 Å². The number of aliphatic hydroxyl groups is 1. The molecule has 0 heterocycles. The molecule has 1 aromatic rings. The van der Waals surface area contributed by atoms with Gasteiger partial charge in [0.05, 0.1) is 6.61 Å². The number of rotatable bonds is 7. The number of nitrogens with zero attached hydrogens (tertiary/aromatic N) is 1. The van der Waals surface area contributed by atoms with Gasteiger partial charge in [-0.05, 0) is 24.5 Å². The lowest BCUT2D eigenvalue weighted by atomic mass is 10.1. The highest BCUT2D eigenvalue weighted by atomic mass is 16.3. The van der Waals surface area contributed by atoms with E-state index in [1.54, 1.807) is 0 Å². The summed E-state index contributed by atoms with van der Waals surface area (Å²) < 4.78 is 0. The largest absolute Gasteiger partial charge is 0.395 e. The average Bonchev–Trinajstić information content (AvgIpc) is 2.34. The first-order valence-corrected chi connectivity index (χ1v) is 6.39. The van der Waals surface area contributed by atoms with Crippen LogP contribution in [0.15, 0.2) is 18.2 Å². The highest BCUT2D eigenvalue weighted by molar-refractivity contribution is 5.59. The fraction of sp³-hybridized carbons (Fsp3) is 0.571. The Bertz CT molecular complexity index is 339. The quantitative estimate of drug-likeness (QED) is 0.762. The first-order chi connectivity index (χ1) is 8.24. The fourth-order valence-corrected chi connectivity index (χ4v) is 2.14. The zero-order chi connectivity index (χ0) is 12.7. The summed E-state index contributed by atoms with van der Waals surface area (Å²) in [7, 11) is 0. The number of aryl methyl sites for hydroxylation is 1. The molecule has 0 atom stereocenters. The molecule has 96 valence electrons. The molecule has 1 aromatic carbocycles. The Labute approximate surface area is 104 Å². The molecule has 0 saturated heterocycles. The van der Waals surface area contributed by atoms with Gasteiger partial charge in [-0.2, -0.15) is 0 Å². The highest BCUT2D eigenvalue weighted by Gasteiger charge is 2.12. The second-order valence-electron chi connectivity index (χ2n) is 4.35. The van der Waals surface area contributed by atoms with Crippen LogP contribution in [-0.2, 0) is 6.54 Å². The Morgan fingerprint density at radius 1 is 1.29 bits per heavy atom. The molecule has 0 fully saturated rings. The van der Waals surface area contributed by atoms with Crippen LogP contribution >= 0.6 is 0 Å². The van der Waals surface area contributed by atoms with Crippen LogP contribution in [0.25, 0.3) is 0 Å². The number of aliphatic hydroxyl groups excluding tert-OH is 1. The Morgan fingerprint density at radius 3 is 2.65 bits per heavy atom. The van der Waals surface area contributed by atoms with Crippen molar-refractivity contribution in [3.05, 3.63) is 29.3 Å². The van der Waals surface area contributed by atoms with Gasteiger partial charge in [0.2, 0.25) is 0 Å². The molecule has 0 amide bonds. The maximum absolute atomic E-state index is 9.18. The van der Waals surface area contributed by atoms with E-state index >= 15 is 0 Å². The Morgan fingerprint density at radius 2 is 2.06 bits per heavy atom.